The summed E-state index contributed by atoms with van der Waals surface area (Å²) in [4.78, 5) is 11.9. The molecule has 0 spiro atoms. The first-order valence-electron chi connectivity index (χ1n) is 7.74. The number of hydrogen-bond donors (Lipinski definition) is 4. The molecule has 0 saturated carbocycles. The van der Waals surface area contributed by atoms with Crippen LogP contribution in [0, 0.1) is 12.3 Å². The lowest BCUT2D eigenvalue weighted by Gasteiger charge is -2.04. The van der Waals surface area contributed by atoms with Crippen LogP contribution in [0.2, 0.25) is 0 Å². The van der Waals surface area contributed by atoms with Gasteiger partial charge in [-0.2, -0.15) is 24.9 Å². The number of thiazole rings is 1. The summed E-state index contributed by atoms with van der Waals surface area (Å²) in [5, 5.41) is 10.5. The molecule has 0 aromatic carbocycles. The van der Waals surface area contributed by atoms with E-state index in [0.717, 1.165) is 11.4 Å². The Hall–Kier alpha value is -2.08. The van der Waals surface area contributed by atoms with E-state index in [0.29, 0.717) is 35.0 Å². The van der Waals surface area contributed by atoms with E-state index in [-0.39, 0.29) is 5.96 Å². The fourth-order valence-electron chi connectivity index (χ4n) is 1.83. The van der Waals surface area contributed by atoms with Gasteiger partial charge >= 0.3 is 6.18 Å². The number of nitrogens with two attached hydrogens (primary N) is 2. The summed E-state index contributed by atoms with van der Waals surface area (Å²) >= 11 is 2.08. The van der Waals surface area contributed by atoms with Crippen molar-refractivity contribution in [2.75, 3.05) is 29.3 Å². The quantitative estimate of drug-likeness (QED) is 0.159. The summed E-state index contributed by atoms with van der Waals surface area (Å²) in [6.07, 6.45) is 1.28. The van der Waals surface area contributed by atoms with Crippen molar-refractivity contribution in [1.29, 1.82) is 0 Å². The molecule has 2 aromatic heterocycles. The van der Waals surface area contributed by atoms with Gasteiger partial charge in [-0.25, -0.2) is 9.98 Å². The summed E-state index contributed by atoms with van der Waals surface area (Å²) in [6, 6.07) is 0. The Morgan fingerprint density at radius 3 is 3.00 bits per heavy atom. The number of hydrogen-bond acceptors (Lipinski definition) is 7. The van der Waals surface area contributed by atoms with Crippen molar-refractivity contribution in [3.8, 4) is 12.3 Å². The molecule has 6 N–H and O–H groups in total. The Morgan fingerprint density at radius 2 is 2.29 bits per heavy atom. The Labute approximate surface area is 170 Å². The third-order valence-corrected chi connectivity index (χ3v) is 5.52. The minimum atomic E-state index is -4.40. The van der Waals surface area contributed by atoms with Gasteiger partial charge in [-0.3, -0.25) is 4.99 Å². The van der Waals surface area contributed by atoms with Crippen LogP contribution >= 0.6 is 34.1 Å². The predicted molar refractivity (Wildman–Crippen MR) is 109 cm³/mol. The molecule has 0 amide bonds. The number of nitrogens with zero attached hydrogens (tertiary/aromatic N) is 4. The molecule has 14 heteroatoms. The van der Waals surface area contributed by atoms with Gasteiger partial charge in [-0.05, 0) is 0 Å². The first-order chi connectivity index (χ1) is 13.3. The molecule has 0 aliphatic heterocycles. The molecule has 0 saturated heterocycles. The van der Waals surface area contributed by atoms with Gasteiger partial charge in [-0.15, -0.1) is 22.1 Å². The molecule has 1 atom stereocenters. The number of nitrogen functional groups attached to an aromatic ring is 1. The van der Waals surface area contributed by atoms with Gasteiger partial charge in [-0.1, -0.05) is 11.1 Å². The van der Waals surface area contributed by atoms with Crippen LogP contribution in [0.4, 0.5) is 18.3 Å². The van der Waals surface area contributed by atoms with Crippen LogP contribution in [0.5, 0.6) is 0 Å². The van der Waals surface area contributed by atoms with Crippen LogP contribution in [-0.4, -0.2) is 44.7 Å². The van der Waals surface area contributed by atoms with Crippen LogP contribution in [0.3, 0.4) is 0 Å². The number of aliphatic imine (C=N–C) groups is 1. The average Bonchev–Trinajstić information content (AvgIpc) is 3.19. The van der Waals surface area contributed by atoms with Gasteiger partial charge < -0.3 is 11.1 Å². The molecule has 0 aliphatic rings. The van der Waals surface area contributed by atoms with E-state index >= 15 is 0 Å². The van der Waals surface area contributed by atoms with E-state index < -0.39 is 23.8 Å². The second-order valence-corrected chi connectivity index (χ2v) is 8.18. The molecule has 152 valence electrons. The minimum Gasteiger partial charge on any atom is -0.370 e. The number of terminal acetylenes is 1. The zero-order valence-electron chi connectivity index (χ0n) is 14.5. The van der Waals surface area contributed by atoms with E-state index in [1.807, 2.05) is 0 Å². The lowest BCUT2D eigenvalue weighted by molar-refractivity contribution is -0.118. The van der Waals surface area contributed by atoms with Crippen LogP contribution in [-0.2, 0) is 12.2 Å². The zero-order valence-corrected chi connectivity index (χ0v) is 16.9. The largest absolute Gasteiger partial charge is 0.408 e. The topological polar surface area (TPSA) is 130 Å². The van der Waals surface area contributed by atoms with Gasteiger partial charge in [0, 0.05) is 21.3 Å². The van der Waals surface area contributed by atoms with Crippen LogP contribution in [0.1, 0.15) is 11.4 Å². The molecule has 1 unspecified atom stereocenters. The normalized spacial score (nSPS) is 13.6. The van der Waals surface area contributed by atoms with E-state index in [9.17, 15) is 13.2 Å². The van der Waals surface area contributed by atoms with Gasteiger partial charge in [0.05, 0.1) is 18.7 Å². The molecular weight excluding hydrogens is 433 g/mol. The Kier molecular flexibility index (Phi) is 8.30. The highest BCUT2D eigenvalue weighted by Gasteiger charge is 2.26. The second-order valence-electron chi connectivity index (χ2n) is 5.20. The number of guanidine groups is 1. The maximum absolute atomic E-state index is 12.1. The van der Waals surface area contributed by atoms with Crippen LogP contribution < -0.4 is 21.7 Å². The average molecular weight is 452 g/mol. The van der Waals surface area contributed by atoms with Gasteiger partial charge in [0.2, 0.25) is 5.49 Å². The highest BCUT2D eigenvalue weighted by molar-refractivity contribution is 7.98. The van der Waals surface area contributed by atoms with E-state index in [1.165, 1.54) is 11.3 Å². The number of halogens is 3. The third kappa shape index (κ3) is 7.89. The van der Waals surface area contributed by atoms with Crippen molar-refractivity contribution in [2.24, 2.45) is 15.7 Å². The molecule has 2 aromatic rings. The monoisotopic (exact) mass is 451 g/mol. The maximum Gasteiger partial charge on any atom is 0.408 e. The third-order valence-electron chi connectivity index (χ3n) is 2.92. The lowest BCUT2D eigenvalue weighted by atomic mass is 10.3. The molecule has 0 bridgehead atoms. The number of aromatic nitrogens is 3. The second kappa shape index (κ2) is 10.5. The van der Waals surface area contributed by atoms with Gasteiger partial charge in [0.25, 0.3) is 11.0 Å². The summed E-state index contributed by atoms with van der Waals surface area (Å²) in [6.45, 7) is -0.781. The molecule has 2 heterocycles. The minimum absolute atomic E-state index is 0.325. The predicted octanol–water partition coefficient (Wildman–Crippen LogP) is 1.63. The molecular formula is C14H18F3N8S3+. The van der Waals surface area contributed by atoms with Crippen LogP contribution in [0.25, 0.3) is 0 Å². The Balaban J connectivity index is 1.78. The number of aromatic amines is 1. The molecule has 0 aliphatic carbocycles. The number of H-pyrrole nitrogens is 1. The zero-order chi connectivity index (χ0) is 20.6. The Bertz CT molecular complexity index is 906. The number of nitrogens with one attached hydrogen (secondary N) is 2. The number of thioether (sulfide) groups is 1. The summed E-state index contributed by atoms with van der Waals surface area (Å²) < 4.78 is 43.5. The van der Waals surface area contributed by atoms with Crippen molar-refractivity contribution < 1.29 is 13.2 Å². The number of alkyl halides is 3. The Morgan fingerprint density at radius 1 is 1.50 bits per heavy atom. The highest BCUT2D eigenvalue weighted by Crippen LogP contribution is 2.19. The molecule has 28 heavy (non-hydrogen) atoms. The van der Waals surface area contributed by atoms with E-state index in [4.69, 9.17) is 17.3 Å². The molecule has 0 radical (unpaired) electrons. The molecule has 0 fully saturated rings. The van der Waals surface area contributed by atoms with Crippen LogP contribution in [0.15, 0.2) is 15.4 Å². The smallest absolute Gasteiger partial charge is 0.370 e. The maximum atomic E-state index is 12.1. The van der Waals surface area contributed by atoms with Crippen molar-refractivity contribution >= 4 is 45.2 Å². The SMILES string of the molecule is C#CCc1n[s+](N)[nH]c1=NCCSCc1csc(NC(N)=NCC(F)(F)F)n1. The summed E-state index contributed by atoms with van der Waals surface area (Å²) in [5.41, 5.74) is 7.53. The molecule has 2 rings (SSSR count). The van der Waals surface area contributed by atoms with Crippen molar-refractivity contribution in [3.05, 3.63) is 22.3 Å². The molecule has 8 nitrogen and oxygen atoms in total. The van der Waals surface area contributed by atoms with E-state index in [1.54, 1.807) is 17.1 Å². The lowest BCUT2D eigenvalue weighted by Crippen LogP contribution is -2.25. The van der Waals surface area contributed by atoms with Crippen molar-refractivity contribution in [2.45, 2.75) is 18.3 Å². The van der Waals surface area contributed by atoms with Gasteiger partial charge in [0.1, 0.15) is 6.54 Å². The highest BCUT2D eigenvalue weighted by atomic mass is 32.2. The van der Waals surface area contributed by atoms with Crippen molar-refractivity contribution in [3.63, 3.8) is 0 Å². The fourth-order valence-corrected chi connectivity index (χ4v) is 4.19. The number of rotatable bonds is 8. The standard InChI is InChI=1S/C14H18F3N8S3/c1-2-3-10-11(25-28(19)24-10)20-4-5-26-6-9-7-27-13(22-9)23-12(18)21-8-14(15,16)17/h1,7H,3-6,8,19H2,(H,20,25)(H3,18,21,22,23)/q+1. The summed E-state index contributed by atoms with van der Waals surface area (Å²) in [5.74, 6) is 3.56. The first kappa shape index (κ1) is 22.2. The summed E-state index contributed by atoms with van der Waals surface area (Å²) in [7, 11) is 0. The number of anilines is 1. The van der Waals surface area contributed by atoms with E-state index in [2.05, 4.69) is 35.0 Å². The fraction of sp³-hybridized carbons (Fsp3) is 0.429. The van der Waals surface area contributed by atoms with Crippen molar-refractivity contribution in [1.82, 2.24) is 13.7 Å². The van der Waals surface area contributed by atoms with Gasteiger partial charge in [0.15, 0.2) is 16.8 Å². The first-order valence-corrected chi connectivity index (χ1v) is 11.0.